The van der Waals surface area contributed by atoms with Gasteiger partial charge in [0.1, 0.15) is 24.9 Å². The lowest BCUT2D eigenvalue weighted by molar-refractivity contribution is -0.285. The first-order valence-corrected chi connectivity index (χ1v) is 8.65. The van der Waals surface area contributed by atoms with Crippen molar-refractivity contribution in [1.29, 1.82) is 0 Å². The summed E-state index contributed by atoms with van der Waals surface area (Å²) in [6.45, 7) is -0.401. The molecule has 8 nitrogen and oxygen atoms in total. The van der Waals surface area contributed by atoms with E-state index in [1.807, 2.05) is 0 Å². The van der Waals surface area contributed by atoms with Crippen LogP contribution in [0.4, 0.5) is 0 Å². The van der Waals surface area contributed by atoms with Crippen molar-refractivity contribution < 1.29 is 39.1 Å². The Morgan fingerprint density at radius 3 is 1.93 bits per heavy atom. The SMILES string of the molecule is O=C(OC[C@H]1O[C@H](O)[C@@H](O)[C@@H](O)[C@H]1OC(=O)c1ccccc1)c1ccccc1. The number of esters is 2. The number of benzene rings is 2. The van der Waals surface area contributed by atoms with E-state index in [1.54, 1.807) is 48.5 Å². The van der Waals surface area contributed by atoms with E-state index in [9.17, 15) is 24.9 Å². The molecule has 2 aromatic rings. The van der Waals surface area contributed by atoms with E-state index in [1.165, 1.54) is 12.1 Å². The molecule has 5 atom stereocenters. The number of rotatable bonds is 5. The van der Waals surface area contributed by atoms with Crippen molar-refractivity contribution in [2.24, 2.45) is 0 Å². The highest BCUT2D eigenvalue weighted by atomic mass is 16.7. The highest BCUT2D eigenvalue weighted by Gasteiger charge is 2.46. The molecule has 3 rings (SSSR count). The molecule has 8 heteroatoms. The first-order valence-electron chi connectivity index (χ1n) is 8.65. The summed E-state index contributed by atoms with van der Waals surface area (Å²) in [5.74, 6) is -1.40. The molecule has 0 saturated carbocycles. The lowest BCUT2D eigenvalue weighted by Gasteiger charge is -2.39. The van der Waals surface area contributed by atoms with Crippen molar-refractivity contribution >= 4 is 11.9 Å². The molecule has 2 aromatic carbocycles. The zero-order valence-electron chi connectivity index (χ0n) is 14.8. The van der Waals surface area contributed by atoms with Gasteiger partial charge in [0.2, 0.25) is 0 Å². The van der Waals surface area contributed by atoms with Crippen molar-refractivity contribution in [2.75, 3.05) is 6.61 Å². The van der Waals surface area contributed by atoms with Gasteiger partial charge in [-0.05, 0) is 24.3 Å². The minimum Gasteiger partial charge on any atom is -0.459 e. The van der Waals surface area contributed by atoms with E-state index in [0.29, 0.717) is 5.56 Å². The molecule has 0 aromatic heterocycles. The second kappa shape index (κ2) is 8.94. The Balaban J connectivity index is 1.70. The Kier molecular flexibility index (Phi) is 6.37. The van der Waals surface area contributed by atoms with Gasteiger partial charge in [0.25, 0.3) is 0 Å². The summed E-state index contributed by atoms with van der Waals surface area (Å²) in [5, 5.41) is 29.9. The average Bonchev–Trinajstić information content (AvgIpc) is 2.73. The average molecular weight is 388 g/mol. The molecule has 28 heavy (non-hydrogen) atoms. The lowest BCUT2D eigenvalue weighted by atomic mass is 9.99. The standard InChI is InChI=1S/C20H20O8/c21-15-16(22)20(25)27-14(11-26-18(23)12-7-3-1-4-8-12)17(15)28-19(24)13-9-5-2-6-10-13/h1-10,14-17,20-22,25H,11H2/t14-,15-,16+,17+,20+/m1/s1. The first-order chi connectivity index (χ1) is 13.5. The van der Waals surface area contributed by atoms with E-state index in [0.717, 1.165) is 0 Å². The number of aliphatic hydroxyl groups is 3. The van der Waals surface area contributed by atoms with Gasteiger partial charge in [0.15, 0.2) is 12.4 Å². The summed E-state index contributed by atoms with van der Waals surface area (Å²) in [6, 6.07) is 16.3. The van der Waals surface area contributed by atoms with Crippen LogP contribution in [0.3, 0.4) is 0 Å². The molecule has 1 fully saturated rings. The number of ether oxygens (including phenoxy) is 3. The molecular formula is C20H20O8. The van der Waals surface area contributed by atoms with E-state index in [2.05, 4.69) is 0 Å². The molecule has 1 aliphatic rings. The first kappa shape index (κ1) is 20.0. The third-order valence-corrected chi connectivity index (χ3v) is 4.30. The number of aliphatic hydroxyl groups excluding tert-OH is 3. The minimum absolute atomic E-state index is 0.232. The molecule has 0 unspecified atom stereocenters. The van der Waals surface area contributed by atoms with Crippen LogP contribution in [0, 0.1) is 0 Å². The van der Waals surface area contributed by atoms with Gasteiger partial charge >= 0.3 is 11.9 Å². The quantitative estimate of drug-likeness (QED) is 0.633. The van der Waals surface area contributed by atoms with Gasteiger partial charge in [0.05, 0.1) is 11.1 Å². The second-order valence-electron chi connectivity index (χ2n) is 6.25. The highest BCUT2D eigenvalue weighted by Crippen LogP contribution is 2.24. The van der Waals surface area contributed by atoms with Gasteiger partial charge in [-0.1, -0.05) is 36.4 Å². The predicted molar refractivity (Wildman–Crippen MR) is 95.3 cm³/mol. The van der Waals surface area contributed by atoms with Crippen LogP contribution >= 0.6 is 0 Å². The van der Waals surface area contributed by atoms with Crippen molar-refractivity contribution in [3.05, 3.63) is 71.8 Å². The molecule has 3 N–H and O–H groups in total. The molecule has 0 radical (unpaired) electrons. The van der Waals surface area contributed by atoms with E-state index in [-0.39, 0.29) is 5.56 Å². The Hall–Kier alpha value is -2.78. The lowest BCUT2D eigenvalue weighted by Crippen LogP contribution is -2.60. The van der Waals surface area contributed by atoms with Gasteiger partial charge < -0.3 is 29.5 Å². The van der Waals surface area contributed by atoms with E-state index >= 15 is 0 Å². The van der Waals surface area contributed by atoms with Crippen LogP contribution < -0.4 is 0 Å². The van der Waals surface area contributed by atoms with Gasteiger partial charge in [-0.15, -0.1) is 0 Å². The molecule has 0 aliphatic carbocycles. The highest BCUT2D eigenvalue weighted by molar-refractivity contribution is 5.90. The van der Waals surface area contributed by atoms with Crippen LogP contribution in [-0.2, 0) is 14.2 Å². The third-order valence-electron chi connectivity index (χ3n) is 4.30. The van der Waals surface area contributed by atoms with Gasteiger partial charge in [-0.25, -0.2) is 9.59 Å². The van der Waals surface area contributed by atoms with Crippen LogP contribution in [0.1, 0.15) is 20.7 Å². The summed E-state index contributed by atoms with van der Waals surface area (Å²) < 4.78 is 15.6. The number of hydrogen-bond acceptors (Lipinski definition) is 8. The van der Waals surface area contributed by atoms with Crippen LogP contribution in [0.2, 0.25) is 0 Å². The maximum atomic E-state index is 12.3. The smallest absolute Gasteiger partial charge is 0.338 e. The fourth-order valence-corrected chi connectivity index (χ4v) is 2.78. The van der Waals surface area contributed by atoms with Crippen LogP contribution in [0.5, 0.6) is 0 Å². The third kappa shape index (κ3) is 4.55. The molecule has 1 heterocycles. The number of carbonyl (C=O) groups excluding carboxylic acids is 2. The van der Waals surface area contributed by atoms with Gasteiger partial charge in [-0.2, -0.15) is 0 Å². The Bertz CT molecular complexity index is 794. The topological polar surface area (TPSA) is 123 Å². The fourth-order valence-electron chi connectivity index (χ4n) is 2.78. The predicted octanol–water partition coefficient (Wildman–Crippen LogP) is 0.508. The maximum absolute atomic E-state index is 12.3. The van der Waals surface area contributed by atoms with E-state index < -0.39 is 49.3 Å². The zero-order chi connectivity index (χ0) is 20.1. The van der Waals surface area contributed by atoms with Crippen LogP contribution in [-0.4, -0.2) is 64.6 Å². The largest absolute Gasteiger partial charge is 0.459 e. The minimum atomic E-state index is -1.72. The fraction of sp³-hybridized carbons (Fsp3) is 0.300. The molecule has 148 valence electrons. The Morgan fingerprint density at radius 2 is 1.36 bits per heavy atom. The van der Waals surface area contributed by atoms with E-state index in [4.69, 9.17) is 14.2 Å². The summed E-state index contributed by atoms with van der Waals surface area (Å²) in [5.41, 5.74) is 0.535. The van der Waals surface area contributed by atoms with Gasteiger partial charge in [-0.3, -0.25) is 0 Å². The monoisotopic (exact) mass is 388 g/mol. The van der Waals surface area contributed by atoms with Crippen molar-refractivity contribution in [2.45, 2.75) is 30.7 Å². The van der Waals surface area contributed by atoms with Crippen molar-refractivity contribution in [3.8, 4) is 0 Å². The van der Waals surface area contributed by atoms with Crippen LogP contribution in [0.25, 0.3) is 0 Å². The molecule has 0 spiro atoms. The molecular weight excluding hydrogens is 368 g/mol. The second-order valence-corrected chi connectivity index (χ2v) is 6.25. The van der Waals surface area contributed by atoms with Gasteiger partial charge in [0, 0.05) is 0 Å². The summed E-state index contributed by atoms with van der Waals surface area (Å²) in [7, 11) is 0. The van der Waals surface area contributed by atoms with Crippen molar-refractivity contribution in [1.82, 2.24) is 0 Å². The van der Waals surface area contributed by atoms with Crippen LogP contribution in [0.15, 0.2) is 60.7 Å². The summed E-state index contributed by atoms with van der Waals surface area (Å²) in [6.07, 6.45) is -7.56. The zero-order valence-corrected chi connectivity index (χ0v) is 14.8. The molecule has 0 bridgehead atoms. The number of hydrogen-bond donors (Lipinski definition) is 3. The Morgan fingerprint density at radius 1 is 0.821 bits per heavy atom. The normalized spacial score (nSPS) is 27.0. The number of carbonyl (C=O) groups is 2. The molecule has 1 aliphatic heterocycles. The summed E-state index contributed by atoms with van der Waals surface area (Å²) >= 11 is 0. The summed E-state index contributed by atoms with van der Waals surface area (Å²) in [4.78, 5) is 24.4. The molecule has 0 amide bonds. The molecule has 1 saturated heterocycles. The maximum Gasteiger partial charge on any atom is 0.338 e. The van der Waals surface area contributed by atoms with Crippen molar-refractivity contribution in [3.63, 3.8) is 0 Å². The Labute approximate surface area is 160 Å².